The van der Waals surface area contributed by atoms with Gasteiger partial charge in [0.05, 0.1) is 13.2 Å². The molecular formula is C8H10O3. The van der Waals surface area contributed by atoms with Crippen LogP contribution >= 0.6 is 0 Å². The summed E-state index contributed by atoms with van der Waals surface area (Å²) >= 11 is 0. The van der Waals surface area contributed by atoms with E-state index in [1.165, 1.54) is 0 Å². The van der Waals surface area contributed by atoms with Crippen molar-refractivity contribution in [3.05, 3.63) is 0 Å². The molecule has 1 heterocycles. The average Bonchev–Trinajstić information content (AvgIpc) is 1.84. The molecule has 1 fully saturated rings. The van der Waals surface area contributed by atoms with Gasteiger partial charge < -0.3 is 9.47 Å². The first-order chi connectivity index (χ1) is 5.34. The van der Waals surface area contributed by atoms with Gasteiger partial charge in [0.2, 0.25) is 0 Å². The molecule has 0 unspecified atom stereocenters. The first-order valence-corrected chi connectivity index (χ1v) is 3.48. The normalized spacial score (nSPS) is 16.1. The molecule has 11 heavy (non-hydrogen) atoms. The summed E-state index contributed by atoms with van der Waals surface area (Å²) in [5.41, 5.74) is 0. The Kier molecular flexibility index (Phi) is 2.94. The third-order valence-electron chi connectivity index (χ3n) is 1.43. The second kappa shape index (κ2) is 3.99. The highest BCUT2D eigenvalue weighted by Crippen LogP contribution is 2.10. The van der Waals surface area contributed by atoms with Crippen molar-refractivity contribution >= 4 is 5.97 Å². The summed E-state index contributed by atoms with van der Waals surface area (Å²) in [6.07, 6.45) is 0. The van der Waals surface area contributed by atoms with Gasteiger partial charge in [-0.2, -0.15) is 0 Å². The molecule has 0 amide bonds. The zero-order valence-corrected chi connectivity index (χ0v) is 6.42. The molecule has 0 aromatic rings. The smallest absolute Gasteiger partial charge is 0.314 e. The molecule has 0 N–H and O–H groups in total. The standard InChI is InChI=1S/C8H10O3/c1-2-3-4-11-8(9)7-5-10-6-7/h7H,4-6H2,1H3. The average molecular weight is 154 g/mol. The van der Waals surface area contributed by atoms with Crippen LogP contribution in [0.5, 0.6) is 0 Å². The Hall–Kier alpha value is -1.01. The van der Waals surface area contributed by atoms with Crippen LogP contribution < -0.4 is 0 Å². The molecule has 0 radical (unpaired) electrons. The minimum atomic E-state index is -0.195. The Morgan fingerprint density at radius 1 is 1.73 bits per heavy atom. The van der Waals surface area contributed by atoms with E-state index < -0.39 is 0 Å². The second-order valence-corrected chi connectivity index (χ2v) is 2.27. The molecule has 0 atom stereocenters. The molecule has 3 heteroatoms. The predicted octanol–water partition coefficient (Wildman–Crippen LogP) is 0.199. The SMILES string of the molecule is CC#CCOC(=O)C1COC1. The molecule has 60 valence electrons. The van der Waals surface area contributed by atoms with Crippen molar-refractivity contribution in [1.29, 1.82) is 0 Å². The van der Waals surface area contributed by atoms with Crippen molar-refractivity contribution in [1.82, 2.24) is 0 Å². The predicted molar refractivity (Wildman–Crippen MR) is 38.7 cm³/mol. The second-order valence-electron chi connectivity index (χ2n) is 2.27. The van der Waals surface area contributed by atoms with Gasteiger partial charge in [-0.05, 0) is 6.92 Å². The molecule has 0 aromatic carbocycles. The molecule has 0 aromatic heterocycles. The minimum Gasteiger partial charge on any atom is -0.452 e. The van der Waals surface area contributed by atoms with Gasteiger partial charge in [0.25, 0.3) is 0 Å². The first-order valence-electron chi connectivity index (χ1n) is 3.48. The van der Waals surface area contributed by atoms with E-state index in [4.69, 9.17) is 9.47 Å². The topological polar surface area (TPSA) is 35.5 Å². The van der Waals surface area contributed by atoms with Gasteiger partial charge in [0.1, 0.15) is 5.92 Å². The van der Waals surface area contributed by atoms with Crippen LogP contribution in [0.2, 0.25) is 0 Å². The fourth-order valence-electron chi connectivity index (χ4n) is 0.669. The number of carbonyl (C=O) groups excluding carboxylic acids is 1. The lowest BCUT2D eigenvalue weighted by atomic mass is 10.1. The maximum atomic E-state index is 10.9. The van der Waals surface area contributed by atoms with Crippen LogP contribution in [0.4, 0.5) is 0 Å². The van der Waals surface area contributed by atoms with Crippen molar-refractivity contribution in [3.8, 4) is 11.8 Å². The number of carbonyl (C=O) groups is 1. The summed E-state index contributed by atoms with van der Waals surface area (Å²) in [7, 11) is 0. The van der Waals surface area contributed by atoms with Crippen molar-refractivity contribution in [2.75, 3.05) is 19.8 Å². The maximum Gasteiger partial charge on any atom is 0.314 e. The summed E-state index contributed by atoms with van der Waals surface area (Å²) in [6.45, 7) is 2.91. The molecule has 1 aliphatic heterocycles. The van der Waals surface area contributed by atoms with Gasteiger partial charge >= 0.3 is 5.97 Å². The fourth-order valence-corrected chi connectivity index (χ4v) is 0.669. The lowest BCUT2D eigenvalue weighted by Gasteiger charge is -2.23. The number of hydrogen-bond acceptors (Lipinski definition) is 3. The van der Waals surface area contributed by atoms with Crippen molar-refractivity contribution in [2.24, 2.45) is 5.92 Å². The van der Waals surface area contributed by atoms with E-state index >= 15 is 0 Å². The Morgan fingerprint density at radius 3 is 2.91 bits per heavy atom. The quantitative estimate of drug-likeness (QED) is 0.421. The Balaban J connectivity index is 2.13. The van der Waals surface area contributed by atoms with E-state index in [-0.39, 0.29) is 18.5 Å². The fraction of sp³-hybridized carbons (Fsp3) is 0.625. The highest BCUT2D eigenvalue weighted by molar-refractivity contribution is 5.73. The van der Waals surface area contributed by atoms with E-state index in [0.717, 1.165) is 0 Å². The summed E-state index contributed by atoms with van der Waals surface area (Å²) in [5, 5.41) is 0. The molecule has 0 spiro atoms. The third kappa shape index (κ3) is 2.24. The van der Waals surface area contributed by atoms with Gasteiger partial charge in [-0.25, -0.2) is 0 Å². The molecule has 0 saturated carbocycles. The molecule has 1 aliphatic rings. The summed E-state index contributed by atoms with van der Waals surface area (Å²) in [5.74, 6) is 5.04. The van der Waals surface area contributed by atoms with Gasteiger partial charge in [-0.3, -0.25) is 4.79 Å². The zero-order chi connectivity index (χ0) is 8.10. The van der Waals surface area contributed by atoms with Crippen LogP contribution in [-0.2, 0) is 14.3 Å². The zero-order valence-electron chi connectivity index (χ0n) is 6.42. The molecule has 1 rings (SSSR count). The Morgan fingerprint density at radius 2 is 2.45 bits per heavy atom. The lowest BCUT2D eigenvalue weighted by molar-refractivity contribution is -0.161. The van der Waals surface area contributed by atoms with E-state index in [9.17, 15) is 4.79 Å². The van der Waals surface area contributed by atoms with Crippen molar-refractivity contribution < 1.29 is 14.3 Å². The van der Waals surface area contributed by atoms with E-state index in [0.29, 0.717) is 13.2 Å². The van der Waals surface area contributed by atoms with Crippen LogP contribution in [0.3, 0.4) is 0 Å². The number of ether oxygens (including phenoxy) is 2. The Bertz CT molecular complexity index is 195. The summed E-state index contributed by atoms with van der Waals surface area (Å²) in [6, 6.07) is 0. The summed E-state index contributed by atoms with van der Waals surface area (Å²) < 4.78 is 9.62. The molecule has 0 aliphatic carbocycles. The van der Waals surface area contributed by atoms with Crippen LogP contribution in [0.25, 0.3) is 0 Å². The summed E-state index contributed by atoms with van der Waals surface area (Å²) in [4.78, 5) is 10.9. The highest BCUT2D eigenvalue weighted by atomic mass is 16.5. The van der Waals surface area contributed by atoms with Gasteiger partial charge in [-0.15, -0.1) is 5.92 Å². The molecular weight excluding hydrogens is 144 g/mol. The van der Waals surface area contributed by atoms with E-state index in [2.05, 4.69) is 11.8 Å². The van der Waals surface area contributed by atoms with Gasteiger partial charge in [0.15, 0.2) is 6.61 Å². The minimum absolute atomic E-state index is 0.0475. The van der Waals surface area contributed by atoms with Crippen LogP contribution in [0.1, 0.15) is 6.92 Å². The first kappa shape index (κ1) is 8.09. The third-order valence-corrected chi connectivity index (χ3v) is 1.43. The van der Waals surface area contributed by atoms with Crippen molar-refractivity contribution in [2.45, 2.75) is 6.92 Å². The van der Waals surface area contributed by atoms with E-state index in [1.807, 2.05) is 0 Å². The monoisotopic (exact) mass is 154 g/mol. The molecule has 3 nitrogen and oxygen atoms in total. The largest absolute Gasteiger partial charge is 0.452 e. The lowest BCUT2D eigenvalue weighted by Crippen LogP contribution is -2.36. The van der Waals surface area contributed by atoms with E-state index in [1.54, 1.807) is 6.92 Å². The molecule has 0 bridgehead atoms. The van der Waals surface area contributed by atoms with Crippen LogP contribution in [-0.4, -0.2) is 25.8 Å². The number of rotatable bonds is 2. The van der Waals surface area contributed by atoms with Gasteiger partial charge in [0, 0.05) is 0 Å². The van der Waals surface area contributed by atoms with Crippen LogP contribution in [0, 0.1) is 17.8 Å². The van der Waals surface area contributed by atoms with Crippen molar-refractivity contribution in [3.63, 3.8) is 0 Å². The number of hydrogen-bond donors (Lipinski definition) is 0. The molecule has 1 saturated heterocycles. The van der Waals surface area contributed by atoms with Crippen LogP contribution in [0.15, 0.2) is 0 Å². The maximum absolute atomic E-state index is 10.9. The van der Waals surface area contributed by atoms with Gasteiger partial charge in [-0.1, -0.05) is 5.92 Å². The highest BCUT2D eigenvalue weighted by Gasteiger charge is 2.27. The number of esters is 1. The Labute approximate surface area is 65.7 Å².